The van der Waals surface area contributed by atoms with Crippen molar-refractivity contribution in [2.75, 3.05) is 13.1 Å². The van der Waals surface area contributed by atoms with E-state index in [9.17, 15) is 0 Å². The molecule has 0 saturated carbocycles. The molecule has 3 heteroatoms. The summed E-state index contributed by atoms with van der Waals surface area (Å²) in [6.07, 6.45) is 0. The van der Waals surface area contributed by atoms with E-state index in [4.69, 9.17) is 0 Å². The molecule has 0 aliphatic heterocycles. The Morgan fingerprint density at radius 2 is 1.88 bits per heavy atom. The number of benzene rings is 1. The van der Waals surface area contributed by atoms with Gasteiger partial charge < -0.3 is 4.57 Å². The van der Waals surface area contributed by atoms with E-state index in [-0.39, 0.29) is 0 Å². The van der Waals surface area contributed by atoms with E-state index in [0.29, 0.717) is 0 Å². The van der Waals surface area contributed by atoms with E-state index < -0.39 is 0 Å². The highest BCUT2D eigenvalue weighted by atomic mass is 15.2. The molecule has 0 amide bonds. The lowest BCUT2D eigenvalue weighted by Crippen LogP contribution is -2.23. The Kier molecular flexibility index (Phi) is 3.25. The predicted molar refractivity (Wildman–Crippen MR) is 67.3 cm³/mol. The molecule has 0 atom stereocenters. The van der Waals surface area contributed by atoms with Gasteiger partial charge >= 0.3 is 0 Å². The van der Waals surface area contributed by atoms with Gasteiger partial charge in [-0.05, 0) is 25.2 Å². The predicted octanol–water partition coefficient (Wildman–Crippen LogP) is 2.42. The molecule has 16 heavy (non-hydrogen) atoms. The van der Waals surface area contributed by atoms with Gasteiger partial charge in [0.2, 0.25) is 0 Å². The SMILES string of the molecule is CCN(CC)Cc1nc2ccccc2n1C. The minimum atomic E-state index is 0.929. The van der Waals surface area contributed by atoms with Gasteiger partial charge in [-0.1, -0.05) is 26.0 Å². The second kappa shape index (κ2) is 4.66. The van der Waals surface area contributed by atoms with Crippen LogP contribution in [0.15, 0.2) is 24.3 Å². The standard InChI is InChI=1S/C13H19N3/c1-4-16(5-2)10-13-14-11-8-6-7-9-12(11)15(13)3/h6-9H,4-5,10H2,1-3H3. The highest BCUT2D eigenvalue weighted by molar-refractivity contribution is 5.75. The van der Waals surface area contributed by atoms with Crippen LogP contribution in [0.25, 0.3) is 11.0 Å². The van der Waals surface area contributed by atoms with Crippen molar-refractivity contribution in [3.8, 4) is 0 Å². The molecule has 0 spiro atoms. The molecule has 0 radical (unpaired) electrons. The van der Waals surface area contributed by atoms with Gasteiger partial charge in [0, 0.05) is 7.05 Å². The number of aryl methyl sites for hydroxylation is 1. The van der Waals surface area contributed by atoms with Gasteiger partial charge in [-0.2, -0.15) is 0 Å². The van der Waals surface area contributed by atoms with Gasteiger partial charge in [-0.15, -0.1) is 0 Å². The number of hydrogen-bond acceptors (Lipinski definition) is 2. The number of hydrogen-bond donors (Lipinski definition) is 0. The van der Waals surface area contributed by atoms with Crippen molar-refractivity contribution in [3.05, 3.63) is 30.1 Å². The van der Waals surface area contributed by atoms with Crippen LogP contribution in [0.2, 0.25) is 0 Å². The molecule has 0 saturated heterocycles. The maximum absolute atomic E-state index is 4.67. The van der Waals surface area contributed by atoms with Crippen LogP contribution in [0.3, 0.4) is 0 Å². The Morgan fingerprint density at radius 1 is 1.19 bits per heavy atom. The topological polar surface area (TPSA) is 21.1 Å². The summed E-state index contributed by atoms with van der Waals surface area (Å²) in [5.41, 5.74) is 2.30. The van der Waals surface area contributed by atoms with Crippen molar-refractivity contribution in [1.29, 1.82) is 0 Å². The highest BCUT2D eigenvalue weighted by Gasteiger charge is 2.09. The number of imidazole rings is 1. The van der Waals surface area contributed by atoms with E-state index in [1.807, 2.05) is 6.07 Å². The smallest absolute Gasteiger partial charge is 0.123 e. The van der Waals surface area contributed by atoms with Crippen LogP contribution in [0.1, 0.15) is 19.7 Å². The van der Waals surface area contributed by atoms with Gasteiger partial charge in [0.1, 0.15) is 5.82 Å². The Balaban J connectivity index is 2.34. The average Bonchev–Trinajstić information content (AvgIpc) is 2.64. The zero-order valence-corrected chi connectivity index (χ0v) is 10.3. The third-order valence-electron chi connectivity index (χ3n) is 3.14. The molecule has 86 valence electrons. The number of para-hydroxylation sites is 2. The van der Waals surface area contributed by atoms with Crippen molar-refractivity contribution in [2.24, 2.45) is 7.05 Å². The third kappa shape index (κ3) is 1.95. The van der Waals surface area contributed by atoms with Gasteiger partial charge in [-0.3, -0.25) is 4.90 Å². The van der Waals surface area contributed by atoms with Gasteiger partial charge in [0.25, 0.3) is 0 Å². The lowest BCUT2D eigenvalue weighted by molar-refractivity contribution is 0.286. The Morgan fingerprint density at radius 3 is 2.50 bits per heavy atom. The second-order valence-electron chi connectivity index (χ2n) is 4.04. The Hall–Kier alpha value is -1.35. The van der Waals surface area contributed by atoms with Gasteiger partial charge in [0.15, 0.2) is 0 Å². The summed E-state index contributed by atoms with van der Waals surface area (Å²) in [4.78, 5) is 7.05. The molecule has 0 N–H and O–H groups in total. The number of aromatic nitrogens is 2. The van der Waals surface area contributed by atoms with Crippen LogP contribution in [0, 0.1) is 0 Å². The average molecular weight is 217 g/mol. The normalized spacial score (nSPS) is 11.5. The van der Waals surface area contributed by atoms with Gasteiger partial charge in [0.05, 0.1) is 17.6 Å². The maximum atomic E-state index is 4.67. The lowest BCUT2D eigenvalue weighted by atomic mass is 10.3. The molecular formula is C13H19N3. The Labute approximate surface area is 96.7 Å². The highest BCUT2D eigenvalue weighted by Crippen LogP contribution is 2.15. The minimum absolute atomic E-state index is 0.929. The molecule has 1 aromatic heterocycles. The first kappa shape index (κ1) is 11.1. The largest absolute Gasteiger partial charge is 0.330 e. The molecule has 0 fully saturated rings. The number of rotatable bonds is 4. The fourth-order valence-electron chi connectivity index (χ4n) is 1.98. The van der Waals surface area contributed by atoms with Crippen LogP contribution in [-0.4, -0.2) is 27.5 Å². The molecule has 3 nitrogen and oxygen atoms in total. The summed E-state index contributed by atoms with van der Waals surface area (Å²) in [6, 6.07) is 8.29. The first-order valence-corrected chi connectivity index (χ1v) is 5.89. The molecule has 2 aromatic rings. The second-order valence-corrected chi connectivity index (χ2v) is 4.04. The molecule has 0 aliphatic rings. The molecule has 1 heterocycles. The van der Waals surface area contributed by atoms with E-state index in [1.54, 1.807) is 0 Å². The minimum Gasteiger partial charge on any atom is -0.330 e. The van der Waals surface area contributed by atoms with E-state index in [2.05, 4.69) is 53.5 Å². The van der Waals surface area contributed by atoms with Crippen molar-refractivity contribution >= 4 is 11.0 Å². The summed E-state index contributed by atoms with van der Waals surface area (Å²) in [5.74, 6) is 1.14. The molecule has 2 rings (SSSR count). The van der Waals surface area contributed by atoms with Crippen molar-refractivity contribution in [3.63, 3.8) is 0 Å². The fraction of sp³-hybridized carbons (Fsp3) is 0.462. The summed E-state index contributed by atoms with van der Waals surface area (Å²) >= 11 is 0. The molecule has 0 aliphatic carbocycles. The van der Waals surface area contributed by atoms with Crippen molar-refractivity contribution in [2.45, 2.75) is 20.4 Å². The van der Waals surface area contributed by atoms with E-state index >= 15 is 0 Å². The number of fused-ring (bicyclic) bond motifs is 1. The van der Waals surface area contributed by atoms with E-state index in [1.165, 1.54) is 5.52 Å². The van der Waals surface area contributed by atoms with Crippen LogP contribution in [0.4, 0.5) is 0 Å². The molecular weight excluding hydrogens is 198 g/mol. The monoisotopic (exact) mass is 217 g/mol. The third-order valence-corrected chi connectivity index (χ3v) is 3.14. The van der Waals surface area contributed by atoms with Crippen LogP contribution in [0.5, 0.6) is 0 Å². The first-order valence-electron chi connectivity index (χ1n) is 5.89. The molecule has 1 aromatic carbocycles. The first-order chi connectivity index (χ1) is 7.76. The fourth-order valence-corrected chi connectivity index (χ4v) is 1.98. The zero-order valence-electron chi connectivity index (χ0n) is 10.3. The van der Waals surface area contributed by atoms with Crippen LogP contribution in [-0.2, 0) is 13.6 Å². The van der Waals surface area contributed by atoms with E-state index in [0.717, 1.165) is 31.0 Å². The number of nitrogens with zero attached hydrogens (tertiary/aromatic N) is 3. The maximum Gasteiger partial charge on any atom is 0.123 e. The Bertz CT molecular complexity index is 469. The van der Waals surface area contributed by atoms with Crippen LogP contribution < -0.4 is 0 Å². The quantitative estimate of drug-likeness (QED) is 0.784. The zero-order chi connectivity index (χ0) is 11.5. The van der Waals surface area contributed by atoms with Crippen molar-refractivity contribution < 1.29 is 0 Å². The molecule has 0 unspecified atom stereocenters. The summed E-state index contributed by atoms with van der Waals surface area (Å²) in [5, 5.41) is 0. The van der Waals surface area contributed by atoms with Crippen LogP contribution >= 0.6 is 0 Å². The molecule has 0 bridgehead atoms. The lowest BCUT2D eigenvalue weighted by Gasteiger charge is -2.17. The summed E-state index contributed by atoms with van der Waals surface area (Å²) < 4.78 is 2.19. The van der Waals surface area contributed by atoms with Gasteiger partial charge in [-0.25, -0.2) is 4.98 Å². The summed E-state index contributed by atoms with van der Waals surface area (Å²) in [7, 11) is 2.09. The summed E-state index contributed by atoms with van der Waals surface area (Å²) in [6.45, 7) is 7.44. The van der Waals surface area contributed by atoms with Crippen molar-refractivity contribution in [1.82, 2.24) is 14.5 Å².